The van der Waals surface area contributed by atoms with Crippen LogP contribution in [-0.4, -0.2) is 30.8 Å². The van der Waals surface area contributed by atoms with Crippen LogP contribution in [0.3, 0.4) is 0 Å². The lowest BCUT2D eigenvalue weighted by molar-refractivity contribution is 0.0945. The molecular formula is C12H13Cl2NO3. The van der Waals surface area contributed by atoms with Gasteiger partial charge in [0.05, 0.1) is 11.6 Å². The van der Waals surface area contributed by atoms with Crippen molar-refractivity contribution in [2.75, 3.05) is 19.8 Å². The highest BCUT2D eigenvalue weighted by Crippen LogP contribution is 2.14. The molecule has 0 aliphatic rings. The minimum atomic E-state index is -0.241. The Bertz CT molecular complexity index is 418. The summed E-state index contributed by atoms with van der Waals surface area (Å²) in [5, 5.41) is 11.5. The van der Waals surface area contributed by atoms with Crippen molar-refractivity contribution in [1.29, 1.82) is 0 Å². The van der Waals surface area contributed by atoms with Gasteiger partial charge in [-0.3, -0.25) is 4.79 Å². The number of aliphatic hydroxyl groups excluding tert-OH is 1. The quantitative estimate of drug-likeness (QED) is 0.843. The predicted molar refractivity (Wildman–Crippen MR) is 71.1 cm³/mol. The highest BCUT2D eigenvalue weighted by molar-refractivity contribution is 6.36. The summed E-state index contributed by atoms with van der Waals surface area (Å²) in [5.74, 6) is 0.347. The summed E-state index contributed by atoms with van der Waals surface area (Å²) in [6.07, 6.45) is 0. The normalized spacial score (nSPS) is 11.2. The number of hydrogen-bond acceptors (Lipinski definition) is 3. The maximum atomic E-state index is 11.5. The molecule has 4 nitrogen and oxygen atoms in total. The third-order valence-corrected chi connectivity index (χ3v) is 2.60. The number of carbonyl (C=O) groups excluding carboxylic acids is 1. The van der Waals surface area contributed by atoms with Gasteiger partial charge in [0.15, 0.2) is 0 Å². The first-order valence-corrected chi connectivity index (χ1v) is 6.05. The highest BCUT2D eigenvalue weighted by Gasteiger charge is 2.04. The summed E-state index contributed by atoms with van der Waals surface area (Å²) < 4.78 is 5.32. The summed E-state index contributed by atoms with van der Waals surface area (Å²) in [4.78, 5) is 11.5. The molecule has 0 saturated heterocycles. The van der Waals surface area contributed by atoms with Crippen molar-refractivity contribution in [3.05, 3.63) is 40.4 Å². The van der Waals surface area contributed by atoms with Crippen molar-refractivity contribution in [3.8, 4) is 5.75 Å². The third-order valence-electron chi connectivity index (χ3n) is 2.01. The van der Waals surface area contributed by atoms with Gasteiger partial charge in [0.25, 0.3) is 5.91 Å². The molecule has 0 spiro atoms. The Balaban J connectivity index is 2.54. The van der Waals surface area contributed by atoms with E-state index >= 15 is 0 Å². The van der Waals surface area contributed by atoms with Crippen molar-refractivity contribution in [2.45, 2.75) is 0 Å². The summed E-state index contributed by atoms with van der Waals surface area (Å²) in [6, 6.07) is 6.57. The molecule has 18 heavy (non-hydrogen) atoms. The van der Waals surface area contributed by atoms with E-state index < -0.39 is 0 Å². The molecule has 0 fully saturated rings. The molecule has 98 valence electrons. The lowest BCUT2D eigenvalue weighted by Crippen LogP contribution is -2.26. The van der Waals surface area contributed by atoms with E-state index in [4.69, 9.17) is 33.0 Å². The molecule has 0 aromatic heterocycles. The van der Waals surface area contributed by atoms with Gasteiger partial charge in [0.2, 0.25) is 0 Å². The van der Waals surface area contributed by atoms with Crippen LogP contribution in [0.2, 0.25) is 0 Å². The molecule has 0 unspecified atom stereocenters. The molecule has 1 aromatic rings. The van der Waals surface area contributed by atoms with Gasteiger partial charge in [-0.05, 0) is 24.3 Å². The van der Waals surface area contributed by atoms with Gasteiger partial charge in [-0.25, -0.2) is 0 Å². The largest absolute Gasteiger partial charge is 0.488 e. The van der Waals surface area contributed by atoms with Crippen LogP contribution < -0.4 is 10.1 Å². The molecular weight excluding hydrogens is 277 g/mol. The zero-order chi connectivity index (χ0) is 13.4. The van der Waals surface area contributed by atoms with Gasteiger partial charge in [-0.2, -0.15) is 0 Å². The fourth-order valence-electron chi connectivity index (χ4n) is 1.16. The molecule has 1 rings (SSSR count). The van der Waals surface area contributed by atoms with E-state index in [-0.39, 0.29) is 25.7 Å². The SMILES string of the molecule is O=C(NCCO)c1ccc(OC/C(Cl)=C/Cl)cc1. The van der Waals surface area contributed by atoms with Crippen molar-refractivity contribution in [1.82, 2.24) is 5.32 Å². The van der Waals surface area contributed by atoms with Gasteiger partial charge >= 0.3 is 0 Å². The van der Waals surface area contributed by atoms with Gasteiger partial charge in [0, 0.05) is 17.6 Å². The number of halogens is 2. The van der Waals surface area contributed by atoms with Crippen LogP contribution in [0.1, 0.15) is 10.4 Å². The molecule has 2 N–H and O–H groups in total. The van der Waals surface area contributed by atoms with Crippen molar-refractivity contribution in [3.63, 3.8) is 0 Å². The second-order valence-corrected chi connectivity index (χ2v) is 4.05. The Morgan fingerprint density at radius 1 is 1.39 bits per heavy atom. The first-order chi connectivity index (χ1) is 8.67. The van der Waals surface area contributed by atoms with Gasteiger partial charge in [0.1, 0.15) is 12.4 Å². The Labute approximate surface area is 115 Å². The average Bonchev–Trinajstić information content (AvgIpc) is 2.42. The zero-order valence-electron chi connectivity index (χ0n) is 9.53. The van der Waals surface area contributed by atoms with Crippen LogP contribution in [0.5, 0.6) is 5.75 Å². The van der Waals surface area contributed by atoms with Crippen LogP contribution in [0.15, 0.2) is 34.8 Å². The van der Waals surface area contributed by atoms with Gasteiger partial charge < -0.3 is 15.2 Å². The molecule has 0 bridgehead atoms. The van der Waals surface area contributed by atoms with E-state index in [9.17, 15) is 4.79 Å². The lowest BCUT2D eigenvalue weighted by atomic mass is 10.2. The van der Waals surface area contributed by atoms with E-state index in [1.54, 1.807) is 24.3 Å². The summed E-state index contributed by atoms with van der Waals surface area (Å²) >= 11 is 11.1. The van der Waals surface area contributed by atoms with E-state index in [2.05, 4.69) is 5.32 Å². The van der Waals surface area contributed by atoms with Gasteiger partial charge in [-0.15, -0.1) is 0 Å². The second-order valence-electron chi connectivity index (χ2n) is 3.35. The molecule has 6 heteroatoms. The first kappa shape index (κ1) is 14.8. The number of nitrogens with one attached hydrogen (secondary N) is 1. The van der Waals surface area contributed by atoms with Crippen LogP contribution in [0, 0.1) is 0 Å². The summed E-state index contributed by atoms with van der Waals surface area (Å²) in [6.45, 7) is 0.324. The molecule has 0 saturated carbocycles. The summed E-state index contributed by atoms with van der Waals surface area (Å²) in [7, 11) is 0. The topological polar surface area (TPSA) is 58.6 Å². The molecule has 0 radical (unpaired) electrons. The molecule has 0 aliphatic carbocycles. The van der Waals surface area contributed by atoms with E-state index in [0.717, 1.165) is 0 Å². The van der Waals surface area contributed by atoms with E-state index in [1.807, 2.05) is 0 Å². The molecule has 0 aliphatic heterocycles. The highest BCUT2D eigenvalue weighted by atomic mass is 35.5. The Kier molecular flexibility index (Phi) is 6.57. The first-order valence-electron chi connectivity index (χ1n) is 5.24. The minimum Gasteiger partial charge on any atom is -0.488 e. The number of rotatable bonds is 6. The van der Waals surface area contributed by atoms with Crippen molar-refractivity contribution < 1.29 is 14.6 Å². The Hall–Kier alpha value is -1.23. The molecule has 0 heterocycles. The third kappa shape index (κ3) is 4.96. The maximum absolute atomic E-state index is 11.5. The number of benzene rings is 1. The lowest BCUT2D eigenvalue weighted by Gasteiger charge is -2.06. The van der Waals surface area contributed by atoms with Crippen LogP contribution >= 0.6 is 23.2 Å². The smallest absolute Gasteiger partial charge is 0.251 e. The Morgan fingerprint density at radius 3 is 2.61 bits per heavy atom. The van der Waals surface area contributed by atoms with Crippen LogP contribution in [0.4, 0.5) is 0 Å². The Morgan fingerprint density at radius 2 is 2.06 bits per heavy atom. The van der Waals surface area contributed by atoms with E-state index in [0.29, 0.717) is 16.3 Å². The number of aliphatic hydroxyl groups is 1. The van der Waals surface area contributed by atoms with E-state index in [1.165, 1.54) is 5.54 Å². The second kappa shape index (κ2) is 7.97. The molecule has 1 aromatic carbocycles. The average molecular weight is 290 g/mol. The number of carbonyl (C=O) groups is 1. The van der Waals surface area contributed by atoms with Crippen LogP contribution in [-0.2, 0) is 0 Å². The predicted octanol–water partition coefficient (Wildman–Crippen LogP) is 2.11. The maximum Gasteiger partial charge on any atom is 0.251 e. The number of hydrogen-bond donors (Lipinski definition) is 2. The fourth-order valence-corrected chi connectivity index (χ4v) is 1.28. The number of amides is 1. The van der Waals surface area contributed by atoms with Gasteiger partial charge in [-0.1, -0.05) is 23.2 Å². The molecule has 1 amide bonds. The monoisotopic (exact) mass is 289 g/mol. The standard InChI is InChI=1S/C12H13Cl2NO3/c13-7-10(14)8-18-11-3-1-9(2-4-11)12(17)15-5-6-16/h1-4,7,16H,5-6,8H2,(H,15,17)/b10-7-. The van der Waals surface area contributed by atoms with Crippen molar-refractivity contribution >= 4 is 29.1 Å². The van der Waals surface area contributed by atoms with Crippen LogP contribution in [0.25, 0.3) is 0 Å². The van der Waals surface area contributed by atoms with Crippen molar-refractivity contribution in [2.24, 2.45) is 0 Å². The fraction of sp³-hybridized carbons (Fsp3) is 0.250. The molecule has 0 atom stereocenters. The minimum absolute atomic E-state index is 0.0871. The number of ether oxygens (including phenoxy) is 1. The summed E-state index contributed by atoms with van der Waals surface area (Å²) in [5.41, 5.74) is 1.73. The zero-order valence-corrected chi connectivity index (χ0v) is 11.0.